The zero-order valence-corrected chi connectivity index (χ0v) is 16.6. The van der Waals surface area contributed by atoms with Gasteiger partial charge in [0.2, 0.25) is 0 Å². The normalized spacial score (nSPS) is 20.0. The first-order chi connectivity index (χ1) is 13.1. The van der Waals surface area contributed by atoms with Crippen LogP contribution in [0.5, 0.6) is 0 Å². The summed E-state index contributed by atoms with van der Waals surface area (Å²) in [5, 5.41) is 0. The molecule has 1 aliphatic heterocycles. The maximum Gasteiger partial charge on any atom is 0.271 e. The van der Waals surface area contributed by atoms with Gasteiger partial charge in [0.25, 0.3) is 5.91 Å². The van der Waals surface area contributed by atoms with Gasteiger partial charge in [-0.15, -0.1) is 0 Å². The molecule has 0 radical (unpaired) electrons. The summed E-state index contributed by atoms with van der Waals surface area (Å²) in [6, 6.07) is 4.53. The standard InChI is InChI=1S/C22H31N3O2/c1-17-16-23(2)21(20(17)19-10-7-15-27-19)22(26)25-13-11-24(12-14-25)18-8-5-3-4-6-9-18/h7,10,15-16,18H,3-6,8-9,11-14H2,1-2H3. The molecule has 5 nitrogen and oxygen atoms in total. The molecule has 0 unspecified atom stereocenters. The van der Waals surface area contributed by atoms with Gasteiger partial charge in [-0.25, -0.2) is 0 Å². The minimum absolute atomic E-state index is 0.123. The summed E-state index contributed by atoms with van der Waals surface area (Å²) in [5.41, 5.74) is 2.75. The molecule has 0 atom stereocenters. The zero-order chi connectivity index (χ0) is 18.8. The Labute approximate surface area is 161 Å². The molecule has 2 aromatic rings. The third-order valence-electron chi connectivity index (χ3n) is 6.28. The molecule has 1 amide bonds. The molecule has 2 aliphatic rings. The van der Waals surface area contributed by atoms with Crippen molar-refractivity contribution in [3.63, 3.8) is 0 Å². The lowest BCUT2D eigenvalue weighted by Gasteiger charge is -2.39. The molecule has 2 aromatic heterocycles. The molecular formula is C22H31N3O2. The number of carbonyl (C=O) groups is 1. The molecule has 3 heterocycles. The van der Waals surface area contributed by atoms with Gasteiger partial charge >= 0.3 is 0 Å². The van der Waals surface area contributed by atoms with Crippen LogP contribution in [0.4, 0.5) is 0 Å². The molecule has 0 N–H and O–H groups in total. The van der Waals surface area contributed by atoms with Gasteiger partial charge in [0.05, 0.1) is 11.8 Å². The van der Waals surface area contributed by atoms with E-state index in [1.807, 2.05) is 41.8 Å². The van der Waals surface area contributed by atoms with Gasteiger partial charge in [0, 0.05) is 45.5 Å². The zero-order valence-electron chi connectivity index (χ0n) is 16.6. The highest BCUT2D eigenvalue weighted by Crippen LogP contribution is 2.30. The van der Waals surface area contributed by atoms with E-state index in [1.165, 1.54) is 38.5 Å². The van der Waals surface area contributed by atoms with Crippen molar-refractivity contribution in [2.24, 2.45) is 7.05 Å². The summed E-state index contributed by atoms with van der Waals surface area (Å²) < 4.78 is 7.56. The van der Waals surface area contributed by atoms with E-state index in [-0.39, 0.29) is 5.91 Å². The maximum absolute atomic E-state index is 13.3. The number of aromatic nitrogens is 1. The van der Waals surface area contributed by atoms with E-state index < -0.39 is 0 Å². The fraction of sp³-hybridized carbons (Fsp3) is 0.591. The number of hydrogen-bond acceptors (Lipinski definition) is 3. The molecular weight excluding hydrogens is 338 g/mol. The predicted octanol–water partition coefficient (Wildman–Crippen LogP) is 4.07. The Balaban J connectivity index is 1.47. The van der Waals surface area contributed by atoms with Crippen LogP contribution in [-0.2, 0) is 7.05 Å². The van der Waals surface area contributed by atoms with Crippen molar-refractivity contribution in [3.05, 3.63) is 35.9 Å². The average molecular weight is 370 g/mol. The number of hydrogen-bond donors (Lipinski definition) is 0. The van der Waals surface area contributed by atoms with E-state index in [1.54, 1.807) is 6.26 Å². The molecule has 2 fully saturated rings. The van der Waals surface area contributed by atoms with E-state index in [0.717, 1.165) is 54.8 Å². The third-order valence-corrected chi connectivity index (χ3v) is 6.28. The first kappa shape index (κ1) is 18.4. The van der Waals surface area contributed by atoms with E-state index in [9.17, 15) is 4.79 Å². The lowest BCUT2D eigenvalue weighted by Crippen LogP contribution is -2.52. The van der Waals surface area contributed by atoms with Crippen LogP contribution in [0.3, 0.4) is 0 Å². The van der Waals surface area contributed by atoms with Crippen LogP contribution >= 0.6 is 0 Å². The van der Waals surface area contributed by atoms with Crippen molar-refractivity contribution < 1.29 is 9.21 Å². The first-order valence-electron chi connectivity index (χ1n) is 10.4. The number of carbonyl (C=O) groups excluding carboxylic acids is 1. The molecule has 5 heteroatoms. The molecule has 0 aromatic carbocycles. The predicted molar refractivity (Wildman–Crippen MR) is 107 cm³/mol. The number of furan rings is 1. The molecule has 4 rings (SSSR count). The number of piperazine rings is 1. The van der Waals surface area contributed by atoms with Gasteiger partial charge in [-0.3, -0.25) is 9.69 Å². The highest BCUT2D eigenvalue weighted by molar-refractivity contribution is 6.00. The lowest BCUT2D eigenvalue weighted by molar-refractivity contribution is 0.0544. The van der Waals surface area contributed by atoms with Crippen molar-refractivity contribution in [1.82, 2.24) is 14.4 Å². The number of nitrogens with zero attached hydrogens (tertiary/aromatic N) is 3. The topological polar surface area (TPSA) is 41.6 Å². The number of amides is 1. The van der Waals surface area contributed by atoms with Gasteiger partial charge in [-0.05, 0) is 37.5 Å². The summed E-state index contributed by atoms with van der Waals surface area (Å²) in [4.78, 5) is 18.0. The molecule has 1 saturated carbocycles. The second kappa shape index (κ2) is 7.93. The number of aryl methyl sites for hydroxylation is 2. The van der Waals surface area contributed by atoms with Crippen molar-refractivity contribution in [3.8, 4) is 11.3 Å². The van der Waals surface area contributed by atoms with Crippen LogP contribution in [0, 0.1) is 6.92 Å². The van der Waals surface area contributed by atoms with Crippen LogP contribution in [0.2, 0.25) is 0 Å². The van der Waals surface area contributed by atoms with Gasteiger partial charge in [-0.2, -0.15) is 0 Å². The Kier molecular flexibility index (Phi) is 5.39. The second-order valence-electron chi connectivity index (χ2n) is 8.10. The van der Waals surface area contributed by atoms with Crippen LogP contribution in [0.15, 0.2) is 29.0 Å². The van der Waals surface area contributed by atoms with E-state index >= 15 is 0 Å². The van der Waals surface area contributed by atoms with Crippen LogP contribution < -0.4 is 0 Å². The Morgan fingerprint density at radius 3 is 2.41 bits per heavy atom. The molecule has 1 saturated heterocycles. The first-order valence-corrected chi connectivity index (χ1v) is 10.4. The second-order valence-corrected chi connectivity index (χ2v) is 8.10. The summed E-state index contributed by atoms with van der Waals surface area (Å²) in [7, 11) is 1.95. The Hall–Kier alpha value is -2.01. The van der Waals surface area contributed by atoms with Gasteiger partial charge in [0.1, 0.15) is 11.5 Å². The van der Waals surface area contributed by atoms with E-state index in [0.29, 0.717) is 0 Å². The van der Waals surface area contributed by atoms with Crippen molar-refractivity contribution >= 4 is 5.91 Å². The average Bonchev–Trinajstić information content (AvgIpc) is 3.19. The van der Waals surface area contributed by atoms with Crippen molar-refractivity contribution in [2.45, 2.75) is 51.5 Å². The summed E-state index contributed by atoms with van der Waals surface area (Å²) >= 11 is 0. The Bertz CT molecular complexity index is 762. The van der Waals surface area contributed by atoms with Crippen LogP contribution in [0.1, 0.15) is 54.6 Å². The molecule has 0 bridgehead atoms. The van der Waals surface area contributed by atoms with Gasteiger partial charge in [0.15, 0.2) is 0 Å². The minimum Gasteiger partial charge on any atom is -0.464 e. The van der Waals surface area contributed by atoms with Crippen LogP contribution in [0.25, 0.3) is 11.3 Å². The minimum atomic E-state index is 0.123. The summed E-state index contributed by atoms with van der Waals surface area (Å²) in [5.74, 6) is 0.894. The van der Waals surface area contributed by atoms with Crippen LogP contribution in [-0.4, -0.2) is 52.5 Å². The summed E-state index contributed by atoms with van der Waals surface area (Å²) in [6.45, 7) is 5.67. The smallest absolute Gasteiger partial charge is 0.271 e. The highest BCUT2D eigenvalue weighted by atomic mass is 16.3. The highest BCUT2D eigenvalue weighted by Gasteiger charge is 2.30. The quantitative estimate of drug-likeness (QED) is 0.766. The molecule has 1 aliphatic carbocycles. The fourth-order valence-corrected chi connectivity index (χ4v) is 4.84. The molecule has 0 spiro atoms. The molecule has 146 valence electrons. The Morgan fingerprint density at radius 1 is 1.07 bits per heavy atom. The monoisotopic (exact) mass is 369 g/mol. The summed E-state index contributed by atoms with van der Waals surface area (Å²) in [6.07, 6.45) is 11.8. The fourth-order valence-electron chi connectivity index (χ4n) is 4.84. The Morgan fingerprint density at radius 2 is 1.78 bits per heavy atom. The van der Waals surface area contributed by atoms with Crippen molar-refractivity contribution in [1.29, 1.82) is 0 Å². The third kappa shape index (κ3) is 3.70. The SMILES string of the molecule is Cc1cn(C)c(C(=O)N2CCN(C3CCCCCC3)CC2)c1-c1ccco1. The van der Waals surface area contributed by atoms with Gasteiger partial charge < -0.3 is 13.9 Å². The number of rotatable bonds is 3. The maximum atomic E-state index is 13.3. The largest absolute Gasteiger partial charge is 0.464 e. The van der Waals surface area contributed by atoms with E-state index in [4.69, 9.17) is 4.42 Å². The van der Waals surface area contributed by atoms with E-state index in [2.05, 4.69) is 4.90 Å². The lowest BCUT2D eigenvalue weighted by atomic mass is 10.1. The van der Waals surface area contributed by atoms with Gasteiger partial charge in [-0.1, -0.05) is 25.7 Å². The van der Waals surface area contributed by atoms with Crippen molar-refractivity contribution in [2.75, 3.05) is 26.2 Å². The molecule has 27 heavy (non-hydrogen) atoms.